The molecule has 0 aliphatic rings. The first-order valence-electron chi connectivity index (χ1n) is 5.52. The number of hydrogen-bond donors (Lipinski definition) is 2. The zero-order valence-electron chi connectivity index (χ0n) is 10.7. The van der Waals surface area contributed by atoms with E-state index in [1.165, 1.54) is 12.4 Å². The lowest BCUT2D eigenvalue weighted by atomic mass is 9.95. The first-order chi connectivity index (χ1) is 8.60. The number of rotatable bonds is 3. The predicted molar refractivity (Wildman–Crippen MR) is 77.3 cm³/mol. The summed E-state index contributed by atoms with van der Waals surface area (Å²) in [5, 5.41) is 5.39. The van der Waals surface area contributed by atoms with Crippen molar-refractivity contribution < 1.29 is 4.79 Å². The van der Waals surface area contributed by atoms with E-state index >= 15 is 0 Å². The van der Waals surface area contributed by atoms with E-state index in [0.717, 1.165) is 0 Å². The number of hydrogen-bond acceptors (Lipinski definition) is 4. The maximum atomic E-state index is 11.9. The van der Waals surface area contributed by atoms with Gasteiger partial charge in [0.2, 0.25) is 15.6 Å². The number of amides is 1. The Labute approximate surface area is 127 Å². The fraction of sp³-hybridized carbons (Fsp3) is 0.545. The Kier molecular flexibility index (Phi) is 5.24. The van der Waals surface area contributed by atoms with E-state index in [1.54, 1.807) is 26.8 Å². The molecule has 1 rings (SSSR count). The van der Waals surface area contributed by atoms with Crippen LogP contribution in [0.2, 0.25) is 0 Å². The van der Waals surface area contributed by atoms with Gasteiger partial charge in [0.25, 0.3) is 0 Å². The zero-order valence-corrected chi connectivity index (χ0v) is 13.0. The van der Waals surface area contributed by atoms with Crippen LogP contribution in [0, 0.1) is 5.41 Å². The summed E-state index contributed by atoms with van der Waals surface area (Å²) < 4.78 is -1.74. The van der Waals surface area contributed by atoms with Crippen LogP contribution >= 0.6 is 34.8 Å². The lowest BCUT2D eigenvalue weighted by molar-refractivity contribution is -0.129. The number of anilines is 1. The van der Waals surface area contributed by atoms with Gasteiger partial charge in [-0.05, 0) is 6.07 Å². The number of nitrogens with zero attached hydrogens (tertiary/aromatic N) is 2. The summed E-state index contributed by atoms with van der Waals surface area (Å²) in [6.45, 7) is 5.28. The maximum Gasteiger partial charge on any atom is 0.228 e. The quantitative estimate of drug-likeness (QED) is 0.662. The number of halogens is 3. The Bertz CT molecular complexity index is 428. The Hall–Kier alpha value is -0.780. The third-order valence-electron chi connectivity index (χ3n) is 2.12. The molecule has 1 aromatic rings. The van der Waals surface area contributed by atoms with Gasteiger partial charge in [-0.1, -0.05) is 55.6 Å². The highest BCUT2D eigenvalue weighted by atomic mass is 35.6. The molecule has 0 aromatic carbocycles. The first kappa shape index (κ1) is 16.3. The van der Waals surface area contributed by atoms with Gasteiger partial charge in [0.15, 0.2) is 0 Å². The second-order valence-electron chi connectivity index (χ2n) is 4.91. The van der Waals surface area contributed by atoms with Gasteiger partial charge in [0.05, 0.1) is 0 Å². The molecule has 1 amide bonds. The average molecular weight is 326 g/mol. The van der Waals surface area contributed by atoms with Crippen molar-refractivity contribution >= 4 is 46.7 Å². The number of alkyl halides is 3. The van der Waals surface area contributed by atoms with Crippen molar-refractivity contribution in [2.24, 2.45) is 5.41 Å². The van der Waals surface area contributed by atoms with E-state index < -0.39 is 15.4 Å². The summed E-state index contributed by atoms with van der Waals surface area (Å²) in [5.74, 6) is 0.000269. The molecule has 1 aromatic heterocycles. The Morgan fingerprint density at radius 1 is 1.21 bits per heavy atom. The average Bonchev–Trinajstić information content (AvgIpc) is 2.27. The third-order valence-corrected chi connectivity index (χ3v) is 2.78. The summed E-state index contributed by atoms with van der Waals surface area (Å²) in [6.07, 6.45) is 2.14. The van der Waals surface area contributed by atoms with Crippen molar-refractivity contribution in [3.63, 3.8) is 0 Å². The second-order valence-corrected chi connectivity index (χ2v) is 7.28. The molecule has 0 radical (unpaired) electrons. The number of aromatic nitrogens is 2. The SMILES string of the molecule is CC(C)(C)C(=O)N[C@H](Nc1ncccn1)C(Cl)(Cl)Cl. The summed E-state index contributed by atoms with van der Waals surface area (Å²) in [5.41, 5.74) is -0.604. The van der Waals surface area contributed by atoms with E-state index in [1.807, 2.05) is 0 Å². The normalized spacial score (nSPS) is 13.8. The monoisotopic (exact) mass is 324 g/mol. The van der Waals surface area contributed by atoms with Gasteiger partial charge in [-0.2, -0.15) is 0 Å². The molecule has 8 heteroatoms. The van der Waals surface area contributed by atoms with Gasteiger partial charge < -0.3 is 10.6 Å². The van der Waals surface area contributed by atoms with Gasteiger partial charge >= 0.3 is 0 Å². The van der Waals surface area contributed by atoms with Crippen LogP contribution in [0.4, 0.5) is 5.95 Å². The Morgan fingerprint density at radius 3 is 2.16 bits per heavy atom. The summed E-state index contributed by atoms with van der Waals surface area (Å²) in [4.78, 5) is 19.8. The zero-order chi connectivity index (χ0) is 14.7. The first-order valence-corrected chi connectivity index (χ1v) is 6.65. The smallest absolute Gasteiger partial charge is 0.228 e. The predicted octanol–water partition coefficient (Wildman–Crippen LogP) is 2.75. The summed E-state index contributed by atoms with van der Waals surface area (Å²) in [6, 6.07) is 1.66. The fourth-order valence-corrected chi connectivity index (χ4v) is 1.38. The summed E-state index contributed by atoms with van der Waals surface area (Å²) >= 11 is 17.5. The standard InChI is InChI=1S/C11H15Cl3N4O/c1-10(2,3)8(19)17-7(11(12,13)14)18-9-15-5-4-6-16-9/h4-7H,1-3H3,(H,17,19)(H,15,16,18)/t7-/m1/s1. The van der Waals surface area contributed by atoms with E-state index in [4.69, 9.17) is 34.8 Å². The molecule has 0 fully saturated rings. The summed E-state index contributed by atoms with van der Waals surface area (Å²) in [7, 11) is 0. The van der Waals surface area contributed by atoms with Gasteiger partial charge in [-0.3, -0.25) is 4.79 Å². The van der Waals surface area contributed by atoms with E-state index in [-0.39, 0.29) is 11.9 Å². The fourth-order valence-electron chi connectivity index (χ4n) is 1.05. The molecule has 2 N–H and O–H groups in total. The van der Waals surface area contributed by atoms with Crippen molar-refractivity contribution in [3.8, 4) is 0 Å². The maximum absolute atomic E-state index is 11.9. The minimum absolute atomic E-state index is 0.257. The van der Waals surface area contributed by atoms with E-state index in [2.05, 4.69) is 20.6 Å². The Morgan fingerprint density at radius 2 is 1.74 bits per heavy atom. The molecule has 0 aliphatic carbocycles. The van der Waals surface area contributed by atoms with Crippen molar-refractivity contribution in [1.29, 1.82) is 0 Å². The topological polar surface area (TPSA) is 66.9 Å². The van der Waals surface area contributed by atoms with E-state index in [9.17, 15) is 4.79 Å². The Balaban J connectivity index is 2.83. The minimum Gasteiger partial charge on any atom is -0.332 e. The molecule has 1 atom stereocenters. The molecule has 1 heterocycles. The van der Waals surface area contributed by atoms with Gasteiger partial charge in [0, 0.05) is 17.8 Å². The lowest BCUT2D eigenvalue weighted by Crippen LogP contribution is -2.52. The molecule has 0 bridgehead atoms. The molecule has 5 nitrogen and oxygen atoms in total. The highest BCUT2D eigenvalue weighted by molar-refractivity contribution is 6.68. The molecule has 0 spiro atoms. The van der Waals surface area contributed by atoms with Crippen LogP contribution in [0.25, 0.3) is 0 Å². The van der Waals surface area contributed by atoms with Gasteiger partial charge in [-0.25, -0.2) is 9.97 Å². The van der Waals surface area contributed by atoms with Crippen molar-refractivity contribution in [2.75, 3.05) is 5.32 Å². The lowest BCUT2D eigenvalue weighted by Gasteiger charge is -2.29. The van der Waals surface area contributed by atoms with Crippen LogP contribution in [-0.2, 0) is 4.79 Å². The van der Waals surface area contributed by atoms with Gasteiger partial charge in [-0.15, -0.1) is 0 Å². The van der Waals surface area contributed by atoms with Crippen LogP contribution in [-0.4, -0.2) is 25.8 Å². The highest BCUT2D eigenvalue weighted by Crippen LogP contribution is 2.31. The van der Waals surface area contributed by atoms with Crippen LogP contribution in [0.5, 0.6) is 0 Å². The minimum atomic E-state index is -1.74. The molecule has 0 saturated carbocycles. The van der Waals surface area contributed by atoms with Crippen LogP contribution in [0.1, 0.15) is 20.8 Å². The van der Waals surface area contributed by atoms with Crippen molar-refractivity contribution in [1.82, 2.24) is 15.3 Å². The van der Waals surface area contributed by atoms with Crippen LogP contribution < -0.4 is 10.6 Å². The van der Waals surface area contributed by atoms with Gasteiger partial charge in [0.1, 0.15) is 6.17 Å². The van der Waals surface area contributed by atoms with Crippen LogP contribution in [0.3, 0.4) is 0 Å². The molecule has 0 saturated heterocycles. The highest BCUT2D eigenvalue weighted by Gasteiger charge is 2.36. The molecular formula is C11H15Cl3N4O. The van der Waals surface area contributed by atoms with Crippen molar-refractivity contribution in [3.05, 3.63) is 18.5 Å². The molecule has 0 aliphatic heterocycles. The molecule has 19 heavy (non-hydrogen) atoms. The molecule has 0 unspecified atom stereocenters. The number of nitrogens with one attached hydrogen (secondary N) is 2. The third kappa shape index (κ3) is 5.38. The molecule has 106 valence electrons. The largest absolute Gasteiger partial charge is 0.332 e. The number of carbonyl (C=O) groups excluding carboxylic acids is 1. The number of carbonyl (C=O) groups is 1. The van der Waals surface area contributed by atoms with Crippen LogP contribution in [0.15, 0.2) is 18.5 Å². The van der Waals surface area contributed by atoms with Crippen molar-refractivity contribution in [2.45, 2.75) is 30.7 Å². The molecular weight excluding hydrogens is 311 g/mol. The van der Waals surface area contributed by atoms with E-state index in [0.29, 0.717) is 0 Å². The second kappa shape index (κ2) is 6.11.